The largest absolute Gasteiger partial charge is 0.504 e. The summed E-state index contributed by atoms with van der Waals surface area (Å²) < 4.78 is 27.6. The first kappa shape index (κ1) is 14.8. The zero-order valence-corrected chi connectivity index (χ0v) is 13.5. The third kappa shape index (κ3) is 2.26. The fraction of sp³-hybridized carbons (Fsp3) is 0.333. The maximum atomic E-state index is 9.88. The molecule has 1 unspecified atom stereocenters. The number of methoxy groups -OCH3 is 2. The summed E-state index contributed by atoms with van der Waals surface area (Å²) in [6.45, 7) is 0.686. The van der Waals surface area contributed by atoms with E-state index in [0.29, 0.717) is 23.9 Å². The molecular formula is C18H18O6. The second-order valence-corrected chi connectivity index (χ2v) is 5.77. The van der Waals surface area contributed by atoms with Gasteiger partial charge in [0.2, 0.25) is 12.5 Å². The van der Waals surface area contributed by atoms with E-state index in [-0.39, 0.29) is 18.5 Å². The molecule has 0 saturated carbocycles. The molecule has 0 amide bonds. The Bertz CT molecular complexity index is 786. The molecule has 4 rings (SSSR count). The molecular weight excluding hydrogens is 312 g/mol. The Kier molecular flexibility index (Phi) is 3.52. The van der Waals surface area contributed by atoms with Crippen LogP contribution in [0.25, 0.3) is 0 Å². The van der Waals surface area contributed by atoms with Gasteiger partial charge in [-0.25, -0.2) is 0 Å². The van der Waals surface area contributed by atoms with E-state index in [1.165, 1.54) is 7.11 Å². The van der Waals surface area contributed by atoms with E-state index in [0.717, 1.165) is 29.0 Å². The molecule has 2 aliphatic rings. The van der Waals surface area contributed by atoms with Gasteiger partial charge in [0.15, 0.2) is 23.0 Å². The lowest BCUT2D eigenvalue weighted by Crippen LogP contribution is -2.20. The van der Waals surface area contributed by atoms with Gasteiger partial charge in [-0.2, -0.15) is 0 Å². The van der Waals surface area contributed by atoms with Gasteiger partial charge in [-0.05, 0) is 24.1 Å². The number of hydrogen-bond donors (Lipinski definition) is 1. The Morgan fingerprint density at radius 2 is 1.83 bits per heavy atom. The second kappa shape index (κ2) is 5.70. The first-order valence-corrected chi connectivity index (χ1v) is 7.70. The molecule has 2 aromatic carbocycles. The van der Waals surface area contributed by atoms with Gasteiger partial charge in [0, 0.05) is 17.5 Å². The Morgan fingerprint density at radius 1 is 1.04 bits per heavy atom. The van der Waals surface area contributed by atoms with Crippen molar-refractivity contribution in [1.82, 2.24) is 0 Å². The smallest absolute Gasteiger partial charge is 0.231 e. The normalized spacial score (nSPS) is 17.8. The molecule has 2 aliphatic heterocycles. The molecule has 2 heterocycles. The van der Waals surface area contributed by atoms with Gasteiger partial charge in [-0.1, -0.05) is 6.07 Å². The second-order valence-electron chi connectivity index (χ2n) is 5.77. The van der Waals surface area contributed by atoms with E-state index in [1.807, 2.05) is 18.2 Å². The van der Waals surface area contributed by atoms with Crippen molar-refractivity contribution < 1.29 is 28.8 Å². The molecule has 0 saturated heterocycles. The Morgan fingerprint density at radius 3 is 2.58 bits per heavy atom. The third-order valence-electron chi connectivity index (χ3n) is 4.44. The summed E-state index contributed by atoms with van der Waals surface area (Å²) in [6, 6.07) is 7.29. The van der Waals surface area contributed by atoms with Crippen LogP contribution in [-0.2, 0) is 6.42 Å². The van der Waals surface area contributed by atoms with Crippen LogP contribution in [0, 0.1) is 0 Å². The van der Waals surface area contributed by atoms with Crippen LogP contribution in [0.1, 0.15) is 17.0 Å². The number of rotatable bonds is 3. The van der Waals surface area contributed by atoms with Gasteiger partial charge in [-0.15, -0.1) is 0 Å². The Labute approximate surface area is 139 Å². The van der Waals surface area contributed by atoms with Crippen molar-refractivity contribution in [3.8, 4) is 34.5 Å². The van der Waals surface area contributed by atoms with Gasteiger partial charge in [0.25, 0.3) is 0 Å². The average molecular weight is 330 g/mol. The maximum absolute atomic E-state index is 9.88. The van der Waals surface area contributed by atoms with E-state index in [1.54, 1.807) is 13.2 Å². The summed E-state index contributed by atoms with van der Waals surface area (Å²) in [5, 5.41) is 9.88. The zero-order chi connectivity index (χ0) is 16.7. The van der Waals surface area contributed by atoms with Gasteiger partial charge in [0.1, 0.15) is 5.75 Å². The molecule has 6 heteroatoms. The molecule has 2 aromatic rings. The molecule has 0 fully saturated rings. The van der Waals surface area contributed by atoms with Crippen LogP contribution in [0.2, 0.25) is 0 Å². The van der Waals surface area contributed by atoms with Crippen molar-refractivity contribution >= 4 is 0 Å². The number of phenolic OH excluding ortho intramolecular Hbond substituents is 1. The van der Waals surface area contributed by atoms with Gasteiger partial charge >= 0.3 is 0 Å². The number of hydrogen-bond acceptors (Lipinski definition) is 6. The maximum Gasteiger partial charge on any atom is 0.231 e. The van der Waals surface area contributed by atoms with Crippen LogP contribution in [-0.4, -0.2) is 32.7 Å². The lowest BCUT2D eigenvalue weighted by Gasteiger charge is -2.28. The average Bonchev–Trinajstić information content (AvgIpc) is 3.07. The highest BCUT2D eigenvalue weighted by Crippen LogP contribution is 2.47. The predicted molar refractivity (Wildman–Crippen MR) is 85.7 cm³/mol. The highest BCUT2D eigenvalue weighted by molar-refractivity contribution is 5.58. The minimum Gasteiger partial charge on any atom is -0.504 e. The van der Waals surface area contributed by atoms with Crippen LogP contribution in [0.3, 0.4) is 0 Å². The van der Waals surface area contributed by atoms with Crippen LogP contribution in [0.5, 0.6) is 34.5 Å². The molecule has 1 atom stereocenters. The molecule has 6 nitrogen and oxygen atoms in total. The Balaban J connectivity index is 1.70. The van der Waals surface area contributed by atoms with Gasteiger partial charge in [-0.3, -0.25) is 0 Å². The van der Waals surface area contributed by atoms with E-state index in [4.69, 9.17) is 23.7 Å². The highest BCUT2D eigenvalue weighted by atomic mass is 16.7. The fourth-order valence-corrected chi connectivity index (χ4v) is 3.25. The molecule has 0 aromatic heterocycles. The molecule has 126 valence electrons. The molecule has 1 N–H and O–H groups in total. The van der Waals surface area contributed by atoms with Crippen molar-refractivity contribution in [2.75, 3.05) is 27.6 Å². The van der Waals surface area contributed by atoms with Crippen LogP contribution in [0.4, 0.5) is 0 Å². The van der Waals surface area contributed by atoms with Crippen molar-refractivity contribution in [3.63, 3.8) is 0 Å². The lowest BCUT2D eigenvalue weighted by atomic mass is 9.89. The Hall–Kier alpha value is -2.76. The standard InChI is InChI=1S/C18H18O6/c1-20-14-7-16-15(23-9-24-16)6-12(14)11-5-10-3-4-13(19)18(21-2)17(10)22-8-11/h3-4,6-7,11,19H,5,8-9H2,1-2H3. The molecule has 0 radical (unpaired) electrons. The zero-order valence-electron chi connectivity index (χ0n) is 13.5. The SMILES string of the molecule is COc1cc2c(cc1C1COc3c(ccc(O)c3OC)C1)OCO2. The van der Waals surface area contributed by atoms with E-state index in [9.17, 15) is 5.11 Å². The van der Waals surface area contributed by atoms with Gasteiger partial charge in [0.05, 0.1) is 20.8 Å². The van der Waals surface area contributed by atoms with E-state index >= 15 is 0 Å². The third-order valence-corrected chi connectivity index (χ3v) is 4.44. The van der Waals surface area contributed by atoms with Crippen molar-refractivity contribution in [2.24, 2.45) is 0 Å². The highest BCUT2D eigenvalue weighted by Gasteiger charge is 2.29. The monoisotopic (exact) mass is 330 g/mol. The number of ether oxygens (including phenoxy) is 5. The van der Waals surface area contributed by atoms with Crippen molar-refractivity contribution in [2.45, 2.75) is 12.3 Å². The van der Waals surface area contributed by atoms with Crippen LogP contribution in [0.15, 0.2) is 24.3 Å². The molecule has 24 heavy (non-hydrogen) atoms. The summed E-state index contributed by atoms with van der Waals surface area (Å²) in [5.41, 5.74) is 2.00. The number of benzene rings is 2. The first-order chi connectivity index (χ1) is 11.7. The molecule has 0 aliphatic carbocycles. The van der Waals surface area contributed by atoms with Crippen LogP contribution < -0.4 is 23.7 Å². The number of aromatic hydroxyl groups is 1. The minimum absolute atomic E-state index is 0.0790. The topological polar surface area (TPSA) is 66.4 Å². The summed E-state index contributed by atoms with van der Waals surface area (Å²) in [5.74, 6) is 3.34. The summed E-state index contributed by atoms with van der Waals surface area (Å²) in [7, 11) is 3.16. The first-order valence-electron chi connectivity index (χ1n) is 7.70. The van der Waals surface area contributed by atoms with Crippen molar-refractivity contribution in [1.29, 1.82) is 0 Å². The number of phenols is 1. The molecule has 0 spiro atoms. The van der Waals surface area contributed by atoms with Crippen molar-refractivity contribution in [3.05, 3.63) is 35.4 Å². The summed E-state index contributed by atoms with van der Waals surface area (Å²) >= 11 is 0. The van der Waals surface area contributed by atoms with E-state index in [2.05, 4.69) is 0 Å². The summed E-state index contributed by atoms with van der Waals surface area (Å²) in [6.07, 6.45) is 0.752. The summed E-state index contributed by atoms with van der Waals surface area (Å²) in [4.78, 5) is 0. The van der Waals surface area contributed by atoms with Crippen LogP contribution >= 0.6 is 0 Å². The van der Waals surface area contributed by atoms with Gasteiger partial charge < -0.3 is 28.8 Å². The quantitative estimate of drug-likeness (QED) is 0.933. The lowest BCUT2D eigenvalue weighted by molar-refractivity contribution is 0.173. The fourth-order valence-electron chi connectivity index (χ4n) is 3.25. The number of fused-ring (bicyclic) bond motifs is 2. The molecule has 0 bridgehead atoms. The predicted octanol–water partition coefficient (Wildman–Crippen LogP) is 2.86. The minimum atomic E-state index is 0.0790. The van der Waals surface area contributed by atoms with E-state index < -0.39 is 0 Å².